The summed E-state index contributed by atoms with van der Waals surface area (Å²) in [6.45, 7) is 8.13. The molecule has 0 saturated carbocycles. The average molecular weight is 438 g/mol. The van der Waals surface area contributed by atoms with Gasteiger partial charge in [-0.3, -0.25) is 0 Å². The SMILES string of the molecule is CCNC(=NCc1ccc(N2CCN(C)CC2)nc1)NCc1cc(Cl)c(Cl)n1C. The molecule has 1 aliphatic rings. The van der Waals surface area contributed by atoms with E-state index in [1.54, 1.807) is 0 Å². The molecule has 7 nitrogen and oxygen atoms in total. The molecule has 0 amide bonds. The Bertz CT molecular complexity index is 824. The molecule has 0 bridgehead atoms. The molecule has 29 heavy (non-hydrogen) atoms. The van der Waals surface area contributed by atoms with Gasteiger partial charge in [0.05, 0.1) is 18.1 Å². The van der Waals surface area contributed by atoms with Gasteiger partial charge < -0.3 is 25.0 Å². The molecule has 2 aromatic rings. The van der Waals surface area contributed by atoms with Crippen LogP contribution in [-0.4, -0.2) is 60.2 Å². The number of pyridine rings is 1. The minimum Gasteiger partial charge on any atom is -0.357 e. The number of nitrogens with zero attached hydrogens (tertiary/aromatic N) is 5. The van der Waals surface area contributed by atoms with Gasteiger partial charge >= 0.3 is 0 Å². The minimum absolute atomic E-state index is 0.539. The van der Waals surface area contributed by atoms with Gasteiger partial charge in [0.1, 0.15) is 11.0 Å². The maximum absolute atomic E-state index is 6.14. The molecule has 0 aromatic carbocycles. The van der Waals surface area contributed by atoms with Gasteiger partial charge in [0.25, 0.3) is 0 Å². The molecule has 1 saturated heterocycles. The molecule has 3 heterocycles. The highest BCUT2D eigenvalue weighted by atomic mass is 35.5. The molecule has 0 spiro atoms. The normalized spacial score (nSPS) is 15.6. The van der Waals surface area contributed by atoms with Crippen LogP contribution >= 0.6 is 23.2 Å². The number of aromatic nitrogens is 2. The highest BCUT2D eigenvalue weighted by Gasteiger charge is 2.15. The fourth-order valence-corrected chi connectivity index (χ4v) is 3.59. The summed E-state index contributed by atoms with van der Waals surface area (Å²) in [7, 11) is 4.05. The molecule has 0 aliphatic carbocycles. The zero-order valence-electron chi connectivity index (χ0n) is 17.3. The zero-order valence-corrected chi connectivity index (χ0v) is 18.8. The summed E-state index contributed by atoms with van der Waals surface area (Å²) >= 11 is 12.2. The van der Waals surface area contributed by atoms with Crippen LogP contribution in [0.25, 0.3) is 0 Å². The van der Waals surface area contributed by atoms with Gasteiger partial charge in [0.2, 0.25) is 0 Å². The second kappa shape index (κ2) is 10.2. The van der Waals surface area contributed by atoms with Crippen LogP contribution in [0.5, 0.6) is 0 Å². The first-order chi connectivity index (χ1) is 14.0. The molecular formula is C20H29Cl2N7. The third kappa shape index (κ3) is 5.78. The van der Waals surface area contributed by atoms with Crippen molar-refractivity contribution >= 4 is 35.0 Å². The monoisotopic (exact) mass is 437 g/mol. The first-order valence-electron chi connectivity index (χ1n) is 9.88. The first kappa shape index (κ1) is 21.7. The van der Waals surface area contributed by atoms with Crippen LogP contribution in [0.1, 0.15) is 18.2 Å². The second-order valence-electron chi connectivity index (χ2n) is 7.20. The number of rotatable bonds is 6. The van der Waals surface area contributed by atoms with Crippen molar-refractivity contribution in [1.29, 1.82) is 0 Å². The van der Waals surface area contributed by atoms with Crippen molar-refractivity contribution in [2.75, 3.05) is 44.7 Å². The van der Waals surface area contributed by atoms with Gasteiger partial charge in [0.15, 0.2) is 5.96 Å². The van der Waals surface area contributed by atoms with Crippen molar-refractivity contribution in [2.24, 2.45) is 12.0 Å². The molecule has 3 rings (SSSR count). The number of anilines is 1. The van der Waals surface area contributed by atoms with Crippen LogP contribution in [0.4, 0.5) is 5.82 Å². The van der Waals surface area contributed by atoms with Crippen LogP contribution in [0.2, 0.25) is 10.2 Å². The van der Waals surface area contributed by atoms with Crippen molar-refractivity contribution in [1.82, 2.24) is 25.1 Å². The number of nitrogens with one attached hydrogen (secondary N) is 2. The highest BCUT2D eigenvalue weighted by Crippen LogP contribution is 2.24. The van der Waals surface area contributed by atoms with Crippen molar-refractivity contribution in [2.45, 2.75) is 20.0 Å². The Balaban J connectivity index is 1.58. The van der Waals surface area contributed by atoms with Gasteiger partial charge in [-0.1, -0.05) is 29.3 Å². The molecule has 2 aromatic heterocycles. The van der Waals surface area contributed by atoms with Crippen molar-refractivity contribution < 1.29 is 0 Å². The molecule has 9 heteroatoms. The van der Waals surface area contributed by atoms with E-state index < -0.39 is 0 Å². The average Bonchev–Trinajstić information content (AvgIpc) is 2.98. The lowest BCUT2D eigenvalue weighted by atomic mass is 10.2. The molecule has 1 aliphatic heterocycles. The summed E-state index contributed by atoms with van der Waals surface area (Å²) in [5.41, 5.74) is 2.06. The lowest BCUT2D eigenvalue weighted by Gasteiger charge is -2.33. The van der Waals surface area contributed by atoms with Crippen molar-refractivity contribution in [3.05, 3.63) is 45.8 Å². The molecule has 158 valence electrons. The summed E-state index contributed by atoms with van der Waals surface area (Å²) in [6.07, 6.45) is 1.91. The predicted octanol–water partition coefficient (Wildman–Crippen LogP) is 2.73. The lowest BCUT2D eigenvalue weighted by molar-refractivity contribution is 0.312. The Hall–Kier alpha value is -1.96. The fraction of sp³-hybridized carbons (Fsp3) is 0.500. The summed E-state index contributed by atoms with van der Waals surface area (Å²) in [6, 6.07) is 6.05. The Morgan fingerprint density at radius 2 is 1.90 bits per heavy atom. The summed E-state index contributed by atoms with van der Waals surface area (Å²) in [5, 5.41) is 7.68. The van der Waals surface area contributed by atoms with Gasteiger partial charge in [-0.15, -0.1) is 0 Å². The largest absolute Gasteiger partial charge is 0.357 e. The molecule has 0 radical (unpaired) electrons. The van der Waals surface area contributed by atoms with Crippen molar-refractivity contribution in [3.8, 4) is 0 Å². The van der Waals surface area contributed by atoms with Crippen molar-refractivity contribution in [3.63, 3.8) is 0 Å². The quantitative estimate of drug-likeness (QED) is 0.537. The number of hydrogen-bond acceptors (Lipinski definition) is 4. The number of piperazine rings is 1. The molecule has 0 atom stereocenters. The van der Waals surface area contributed by atoms with E-state index in [2.05, 4.69) is 49.6 Å². The van der Waals surface area contributed by atoms with E-state index in [4.69, 9.17) is 23.2 Å². The number of hydrogen-bond donors (Lipinski definition) is 2. The highest BCUT2D eigenvalue weighted by molar-refractivity contribution is 6.41. The van der Waals surface area contributed by atoms with Gasteiger partial charge in [0, 0.05) is 51.7 Å². The molecular weight excluding hydrogens is 409 g/mol. The van der Waals surface area contributed by atoms with Crippen LogP contribution in [0.3, 0.4) is 0 Å². The van der Waals surface area contributed by atoms with Crippen LogP contribution in [-0.2, 0) is 20.1 Å². The maximum Gasteiger partial charge on any atom is 0.191 e. The van der Waals surface area contributed by atoms with Gasteiger partial charge in [-0.2, -0.15) is 0 Å². The van der Waals surface area contributed by atoms with Crippen LogP contribution < -0.4 is 15.5 Å². The summed E-state index contributed by atoms with van der Waals surface area (Å²) in [4.78, 5) is 14.0. The van der Waals surface area contributed by atoms with E-state index in [0.717, 1.165) is 55.8 Å². The third-order valence-corrected chi connectivity index (χ3v) is 5.90. The second-order valence-corrected chi connectivity index (χ2v) is 7.96. The van der Waals surface area contributed by atoms with E-state index in [9.17, 15) is 0 Å². The minimum atomic E-state index is 0.539. The molecule has 0 unspecified atom stereocenters. The van der Waals surface area contributed by atoms with E-state index in [-0.39, 0.29) is 0 Å². The molecule has 1 fully saturated rings. The topological polar surface area (TPSA) is 60.7 Å². The standard InChI is InChI=1S/C20H29Cl2N7/c1-4-23-20(26-14-16-11-17(21)19(22)28(16)3)25-13-15-5-6-18(24-12-15)29-9-7-27(2)8-10-29/h5-6,11-12H,4,7-10,13-14H2,1-3H3,(H2,23,25,26). The summed E-state index contributed by atoms with van der Waals surface area (Å²) < 4.78 is 1.86. The lowest BCUT2D eigenvalue weighted by Crippen LogP contribution is -2.44. The zero-order chi connectivity index (χ0) is 20.8. The number of aliphatic imine (C=N–C) groups is 1. The Morgan fingerprint density at radius 1 is 1.14 bits per heavy atom. The number of likely N-dealkylation sites (N-methyl/N-ethyl adjacent to an activating group) is 1. The van der Waals surface area contributed by atoms with E-state index >= 15 is 0 Å². The first-order valence-corrected chi connectivity index (χ1v) is 10.6. The maximum atomic E-state index is 6.14. The number of guanidine groups is 1. The van der Waals surface area contributed by atoms with E-state index in [1.807, 2.05) is 30.8 Å². The predicted molar refractivity (Wildman–Crippen MR) is 121 cm³/mol. The van der Waals surface area contributed by atoms with Crippen LogP contribution in [0, 0.1) is 0 Å². The van der Waals surface area contributed by atoms with Gasteiger partial charge in [-0.25, -0.2) is 9.98 Å². The van der Waals surface area contributed by atoms with E-state index in [0.29, 0.717) is 23.3 Å². The van der Waals surface area contributed by atoms with E-state index in [1.165, 1.54) is 0 Å². The van der Waals surface area contributed by atoms with Gasteiger partial charge in [-0.05, 0) is 31.7 Å². The number of halogens is 2. The Morgan fingerprint density at radius 3 is 2.48 bits per heavy atom. The molecule has 2 N–H and O–H groups in total. The van der Waals surface area contributed by atoms with Crippen LogP contribution in [0.15, 0.2) is 29.4 Å². The Labute approximate surface area is 182 Å². The fourth-order valence-electron chi connectivity index (χ4n) is 3.18. The Kier molecular flexibility index (Phi) is 7.64. The smallest absolute Gasteiger partial charge is 0.191 e. The summed E-state index contributed by atoms with van der Waals surface area (Å²) in [5.74, 6) is 1.78. The third-order valence-electron chi connectivity index (χ3n) is 5.05.